The Kier molecular flexibility index (Phi) is 6.15. The van der Waals surface area contributed by atoms with Crippen LogP contribution in [0.3, 0.4) is 0 Å². The van der Waals surface area contributed by atoms with E-state index < -0.39 is 0 Å². The molecule has 0 spiro atoms. The predicted octanol–water partition coefficient (Wildman–Crippen LogP) is 3.44. The van der Waals surface area contributed by atoms with Crippen LogP contribution in [0, 0.1) is 5.92 Å². The van der Waals surface area contributed by atoms with Gasteiger partial charge < -0.3 is 14.5 Å². The number of aromatic amines is 1. The summed E-state index contributed by atoms with van der Waals surface area (Å²) in [5, 5.41) is 0. The summed E-state index contributed by atoms with van der Waals surface area (Å²) < 4.78 is 11.0. The van der Waals surface area contributed by atoms with Gasteiger partial charge in [-0.1, -0.05) is 0 Å². The van der Waals surface area contributed by atoms with Gasteiger partial charge in [0.05, 0.1) is 31.7 Å². The zero-order valence-corrected chi connectivity index (χ0v) is 18.0. The van der Waals surface area contributed by atoms with Crippen LogP contribution in [-0.2, 0) is 16.1 Å². The number of thiophene rings is 1. The number of piperidine rings is 1. The second kappa shape index (κ2) is 8.97. The maximum Gasteiger partial charge on any atom is 0.310 e. The van der Waals surface area contributed by atoms with E-state index in [4.69, 9.17) is 9.47 Å². The van der Waals surface area contributed by atoms with Crippen molar-refractivity contribution in [1.29, 1.82) is 0 Å². The summed E-state index contributed by atoms with van der Waals surface area (Å²) in [6.45, 7) is 4.23. The van der Waals surface area contributed by atoms with E-state index in [9.17, 15) is 9.59 Å². The molecule has 0 amide bonds. The van der Waals surface area contributed by atoms with Crippen molar-refractivity contribution < 1.29 is 14.3 Å². The van der Waals surface area contributed by atoms with Crippen LogP contribution in [0.25, 0.3) is 20.7 Å². The number of rotatable bonds is 6. The predicted molar refractivity (Wildman–Crippen MR) is 117 cm³/mol. The van der Waals surface area contributed by atoms with Crippen molar-refractivity contribution >= 4 is 27.5 Å². The highest BCUT2D eigenvalue weighted by molar-refractivity contribution is 7.22. The second-order valence-electron chi connectivity index (χ2n) is 7.39. The van der Waals surface area contributed by atoms with E-state index in [1.807, 2.05) is 37.3 Å². The van der Waals surface area contributed by atoms with Gasteiger partial charge in [0.1, 0.15) is 16.3 Å². The number of methoxy groups -OCH3 is 1. The lowest BCUT2D eigenvalue weighted by Crippen LogP contribution is -2.39. The Morgan fingerprint density at radius 2 is 2.13 bits per heavy atom. The minimum atomic E-state index is -0.138. The molecule has 30 heavy (non-hydrogen) atoms. The maximum atomic E-state index is 12.6. The highest BCUT2D eigenvalue weighted by Gasteiger charge is 2.27. The molecular formula is C22H25N3O4S. The first-order valence-corrected chi connectivity index (χ1v) is 10.9. The molecule has 8 heteroatoms. The van der Waals surface area contributed by atoms with Gasteiger partial charge in [0.25, 0.3) is 5.56 Å². The molecule has 1 atom stereocenters. The number of H-pyrrole nitrogens is 1. The number of carbonyl (C=O) groups is 1. The van der Waals surface area contributed by atoms with Crippen LogP contribution < -0.4 is 10.3 Å². The van der Waals surface area contributed by atoms with Gasteiger partial charge in [-0.2, -0.15) is 0 Å². The molecule has 1 aliphatic heterocycles. The summed E-state index contributed by atoms with van der Waals surface area (Å²) in [4.78, 5) is 35.5. The molecular weight excluding hydrogens is 402 g/mol. The quantitative estimate of drug-likeness (QED) is 0.607. The van der Waals surface area contributed by atoms with Crippen LogP contribution in [-0.4, -0.2) is 47.6 Å². The standard InChI is InChI=1S/C22H25N3O4S/c1-3-29-22(27)15-5-4-10-25(12-15)13-19-23-17-11-18(30-20(17)21(26)24-19)14-6-8-16(28-2)9-7-14/h6-9,11,15H,3-5,10,12-13H2,1-2H3,(H,23,24,26). The number of nitrogens with one attached hydrogen (secondary N) is 1. The molecule has 158 valence electrons. The van der Waals surface area contributed by atoms with E-state index in [2.05, 4.69) is 14.9 Å². The molecule has 1 aliphatic rings. The number of nitrogens with zero attached hydrogens (tertiary/aromatic N) is 2. The first-order chi connectivity index (χ1) is 14.6. The smallest absolute Gasteiger partial charge is 0.310 e. The van der Waals surface area contributed by atoms with Gasteiger partial charge in [-0.25, -0.2) is 4.98 Å². The molecule has 3 heterocycles. The van der Waals surface area contributed by atoms with E-state index in [1.165, 1.54) is 11.3 Å². The molecule has 0 aliphatic carbocycles. The zero-order valence-electron chi connectivity index (χ0n) is 17.1. The van der Waals surface area contributed by atoms with Crippen LogP contribution in [0.2, 0.25) is 0 Å². The molecule has 4 rings (SSSR count). The van der Waals surface area contributed by atoms with Gasteiger partial charge >= 0.3 is 5.97 Å². The van der Waals surface area contributed by atoms with Crippen LogP contribution in [0.15, 0.2) is 35.1 Å². The van der Waals surface area contributed by atoms with Gasteiger partial charge in [0.2, 0.25) is 0 Å². The molecule has 1 saturated heterocycles. The molecule has 0 bridgehead atoms. The van der Waals surface area contributed by atoms with Gasteiger partial charge in [0, 0.05) is 11.4 Å². The van der Waals surface area contributed by atoms with Crippen molar-refractivity contribution in [3.05, 3.63) is 46.5 Å². The first-order valence-electron chi connectivity index (χ1n) is 10.1. The number of likely N-dealkylation sites (tertiary alicyclic amines) is 1. The fourth-order valence-corrected chi connectivity index (χ4v) is 4.82. The van der Waals surface area contributed by atoms with E-state index in [0.29, 0.717) is 35.7 Å². The highest BCUT2D eigenvalue weighted by Crippen LogP contribution is 2.32. The van der Waals surface area contributed by atoms with Crippen molar-refractivity contribution in [2.24, 2.45) is 5.92 Å². The fourth-order valence-electron chi connectivity index (χ4n) is 3.82. The zero-order chi connectivity index (χ0) is 21.1. The average Bonchev–Trinajstić information content (AvgIpc) is 3.19. The van der Waals surface area contributed by atoms with Gasteiger partial charge in [-0.3, -0.25) is 14.5 Å². The van der Waals surface area contributed by atoms with Crippen molar-refractivity contribution in [2.45, 2.75) is 26.3 Å². The Morgan fingerprint density at radius 1 is 1.33 bits per heavy atom. The van der Waals surface area contributed by atoms with Crippen molar-refractivity contribution in [3.63, 3.8) is 0 Å². The fraction of sp³-hybridized carbons (Fsp3) is 0.409. The maximum absolute atomic E-state index is 12.6. The third-order valence-corrected chi connectivity index (χ3v) is 6.48. The number of hydrogen-bond acceptors (Lipinski definition) is 7. The summed E-state index contributed by atoms with van der Waals surface area (Å²) in [6.07, 6.45) is 1.77. The highest BCUT2D eigenvalue weighted by atomic mass is 32.1. The van der Waals surface area contributed by atoms with Crippen LogP contribution >= 0.6 is 11.3 Å². The Morgan fingerprint density at radius 3 is 2.87 bits per heavy atom. The summed E-state index contributed by atoms with van der Waals surface area (Å²) in [5.41, 5.74) is 1.59. The normalized spacial score (nSPS) is 17.2. The van der Waals surface area contributed by atoms with E-state index in [1.54, 1.807) is 7.11 Å². The van der Waals surface area contributed by atoms with Gasteiger partial charge in [-0.05, 0) is 62.2 Å². The molecule has 0 saturated carbocycles. The summed E-state index contributed by atoms with van der Waals surface area (Å²) >= 11 is 1.43. The summed E-state index contributed by atoms with van der Waals surface area (Å²) in [6, 6.07) is 9.71. The monoisotopic (exact) mass is 427 g/mol. The van der Waals surface area contributed by atoms with Crippen LogP contribution in [0.4, 0.5) is 0 Å². The minimum absolute atomic E-state index is 0.114. The van der Waals surface area contributed by atoms with Crippen molar-refractivity contribution in [3.8, 4) is 16.2 Å². The third kappa shape index (κ3) is 4.39. The Bertz CT molecular complexity index is 1090. The molecule has 3 aromatic rings. The molecule has 1 N–H and O–H groups in total. The number of carbonyl (C=O) groups excluding carboxylic acids is 1. The van der Waals surface area contributed by atoms with E-state index in [-0.39, 0.29) is 17.4 Å². The Labute approximate surface area is 178 Å². The number of aromatic nitrogens is 2. The molecule has 2 aromatic heterocycles. The number of ether oxygens (including phenoxy) is 2. The first kappa shape index (κ1) is 20.6. The Hall–Kier alpha value is -2.71. The van der Waals surface area contributed by atoms with E-state index in [0.717, 1.165) is 35.6 Å². The Balaban J connectivity index is 1.54. The largest absolute Gasteiger partial charge is 0.497 e. The third-order valence-electron chi connectivity index (χ3n) is 5.31. The number of hydrogen-bond donors (Lipinski definition) is 1. The number of fused-ring (bicyclic) bond motifs is 1. The van der Waals surface area contributed by atoms with Crippen molar-refractivity contribution in [2.75, 3.05) is 26.8 Å². The summed E-state index contributed by atoms with van der Waals surface area (Å²) in [7, 11) is 1.64. The number of benzene rings is 1. The minimum Gasteiger partial charge on any atom is -0.497 e. The van der Waals surface area contributed by atoms with E-state index >= 15 is 0 Å². The lowest BCUT2D eigenvalue weighted by Gasteiger charge is -2.30. The molecule has 1 unspecified atom stereocenters. The molecule has 7 nitrogen and oxygen atoms in total. The summed E-state index contributed by atoms with van der Waals surface area (Å²) in [5.74, 6) is 1.16. The van der Waals surface area contributed by atoms with Crippen LogP contribution in [0.5, 0.6) is 5.75 Å². The van der Waals surface area contributed by atoms with Crippen molar-refractivity contribution in [1.82, 2.24) is 14.9 Å². The lowest BCUT2D eigenvalue weighted by molar-refractivity contribution is -0.150. The molecule has 1 fully saturated rings. The lowest BCUT2D eigenvalue weighted by atomic mass is 9.98. The van der Waals surface area contributed by atoms with Crippen LogP contribution in [0.1, 0.15) is 25.6 Å². The SMILES string of the molecule is CCOC(=O)C1CCCN(Cc2nc3cc(-c4ccc(OC)cc4)sc3c(=O)[nH]2)C1. The second-order valence-corrected chi connectivity index (χ2v) is 8.44. The molecule has 0 radical (unpaired) electrons. The average molecular weight is 428 g/mol. The van der Waals surface area contributed by atoms with Gasteiger partial charge in [0.15, 0.2) is 0 Å². The van der Waals surface area contributed by atoms with Gasteiger partial charge in [-0.15, -0.1) is 11.3 Å². The number of esters is 1. The topological polar surface area (TPSA) is 84.5 Å². The molecule has 1 aromatic carbocycles.